The summed E-state index contributed by atoms with van der Waals surface area (Å²) >= 11 is 0. The van der Waals surface area contributed by atoms with Crippen LogP contribution < -0.4 is 0 Å². The number of hydrogen-bond donors (Lipinski definition) is 0. The highest BCUT2D eigenvalue weighted by molar-refractivity contribution is 5.95. The second-order valence-corrected chi connectivity index (χ2v) is 6.76. The van der Waals surface area contributed by atoms with Crippen molar-refractivity contribution in [2.75, 3.05) is 13.2 Å². The molecule has 1 aromatic heterocycles. The van der Waals surface area contributed by atoms with Gasteiger partial charge in [-0.05, 0) is 37.8 Å². The molecule has 1 saturated heterocycles. The van der Waals surface area contributed by atoms with Crippen LogP contribution in [-0.2, 0) is 10.9 Å². The molecule has 1 aromatic carbocycles. The van der Waals surface area contributed by atoms with E-state index in [-0.39, 0.29) is 23.9 Å². The molecular weight excluding hydrogens is 363 g/mol. The van der Waals surface area contributed by atoms with Crippen LogP contribution in [0.15, 0.2) is 28.8 Å². The van der Waals surface area contributed by atoms with Crippen molar-refractivity contribution >= 4 is 5.91 Å². The van der Waals surface area contributed by atoms with Crippen molar-refractivity contribution in [1.82, 2.24) is 15.0 Å². The standard InChI is InChI=1S/C18H18F3N3O3/c19-18(20,21)17-22-15(23-27-17)11-5-7-12(8-6-11)16(25)24-9-2-10-26-14-4-1-3-13(14)24/h5-8,13-14H,1-4,9-10H2/t13-,14-/m1/s1. The highest BCUT2D eigenvalue weighted by atomic mass is 19.4. The summed E-state index contributed by atoms with van der Waals surface area (Å²) in [5, 5.41) is 3.36. The minimum absolute atomic E-state index is 0.0891. The molecule has 6 nitrogen and oxygen atoms in total. The molecule has 2 heterocycles. The van der Waals surface area contributed by atoms with Crippen LogP contribution in [0.2, 0.25) is 0 Å². The van der Waals surface area contributed by atoms with Gasteiger partial charge in [-0.15, -0.1) is 0 Å². The lowest BCUT2D eigenvalue weighted by molar-refractivity contribution is -0.159. The Morgan fingerprint density at radius 2 is 1.93 bits per heavy atom. The first-order chi connectivity index (χ1) is 12.9. The van der Waals surface area contributed by atoms with E-state index in [0.29, 0.717) is 24.3 Å². The third-order valence-electron chi connectivity index (χ3n) is 5.01. The summed E-state index contributed by atoms with van der Waals surface area (Å²) in [4.78, 5) is 18.2. The van der Waals surface area contributed by atoms with Gasteiger partial charge >= 0.3 is 12.1 Å². The van der Waals surface area contributed by atoms with Crippen LogP contribution in [0.1, 0.15) is 41.9 Å². The van der Waals surface area contributed by atoms with Crippen molar-refractivity contribution < 1.29 is 27.2 Å². The van der Waals surface area contributed by atoms with E-state index < -0.39 is 12.1 Å². The number of rotatable bonds is 2. The summed E-state index contributed by atoms with van der Waals surface area (Å²) in [6.45, 7) is 1.30. The topological polar surface area (TPSA) is 68.5 Å². The zero-order chi connectivity index (χ0) is 19.0. The molecule has 2 aromatic rings. The molecule has 0 bridgehead atoms. The number of fused-ring (bicyclic) bond motifs is 1. The second kappa shape index (κ2) is 6.95. The van der Waals surface area contributed by atoms with E-state index in [4.69, 9.17) is 4.74 Å². The lowest BCUT2D eigenvalue weighted by Crippen LogP contribution is -2.43. The van der Waals surface area contributed by atoms with Crippen LogP contribution in [0.25, 0.3) is 11.4 Å². The van der Waals surface area contributed by atoms with E-state index in [1.54, 1.807) is 12.1 Å². The third kappa shape index (κ3) is 3.55. The van der Waals surface area contributed by atoms with E-state index in [1.807, 2.05) is 4.90 Å². The summed E-state index contributed by atoms with van der Waals surface area (Å²) in [7, 11) is 0. The molecule has 9 heteroatoms. The summed E-state index contributed by atoms with van der Waals surface area (Å²) in [5.41, 5.74) is 0.828. The fourth-order valence-corrected chi connectivity index (χ4v) is 3.73. The minimum atomic E-state index is -4.69. The molecule has 144 valence electrons. The van der Waals surface area contributed by atoms with Gasteiger partial charge in [-0.1, -0.05) is 17.3 Å². The number of nitrogens with zero attached hydrogens (tertiary/aromatic N) is 3. The SMILES string of the molecule is O=C(c1ccc(-c2noc(C(F)(F)F)n2)cc1)N1CCCO[C@@H]2CCC[C@H]21. The lowest BCUT2D eigenvalue weighted by atomic mass is 10.1. The van der Waals surface area contributed by atoms with Gasteiger partial charge < -0.3 is 14.2 Å². The molecule has 2 aliphatic rings. The second-order valence-electron chi connectivity index (χ2n) is 6.76. The number of hydrogen-bond acceptors (Lipinski definition) is 5. The number of ether oxygens (including phenoxy) is 1. The van der Waals surface area contributed by atoms with Gasteiger partial charge in [0, 0.05) is 24.3 Å². The van der Waals surface area contributed by atoms with Crippen molar-refractivity contribution in [2.45, 2.75) is 44.0 Å². The average Bonchev–Trinajstić information content (AvgIpc) is 3.28. The number of amides is 1. The Morgan fingerprint density at radius 3 is 2.63 bits per heavy atom. The lowest BCUT2D eigenvalue weighted by Gasteiger charge is -2.30. The van der Waals surface area contributed by atoms with Gasteiger partial charge in [0.15, 0.2) is 0 Å². The molecule has 0 unspecified atom stereocenters. The van der Waals surface area contributed by atoms with Gasteiger partial charge in [0.1, 0.15) is 0 Å². The van der Waals surface area contributed by atoms with Crippen LogP contribution in [0.4, 0.5) is 13.2 Å². The van der Waals surface area contributed by atoms with Crippen LogP contribution in [0.5, 0.6) is 0 Å². The van der Waals surface area contributed by atoms with Crippen molar-refractivity contribution in [3.05, 3.63) is 35.7 Å². The average molecular weight is 381 g/mol. The maximum atomic E-state index is 13.0. The highest BCUT2D eigenvalue weighted by Crippen LogP contribution is 2.31. The number of alkyl halides is 3. The monoisotopic (exact) mass is 381 g/mol. The fraction of sp³-hybridized carbons (Fsp3) is 0.500. The van der Waals surface area contributed by atoms with Crippen molar-refractivity contribution in [3.63, 3.8) is 0 Å². The van der Waals surface area contributed by atoms with Crippen LogP contribution in [-0.4, -0.2) is 46.2 Å². The Labute approximate surface area is 153 Å². The molecule has 2 atom stereocenters. The maximum Gasteiger partial charge on any atom is 0.471 e. The largest absolute Gasteiger partial charge is 0.471 e. The smallest absolute Gasteiger partial charge is 0.376 e. The van der Waals surface area contributed by atoms with E-state index >= 15 is 0 Å². The Morgan fingerprint density at radius 1 is 1.15 bits per heavy atom. The van der Waals surface area contributed by atoms with E-state index in [9.17, 15) is 18.0 Å². The molecule has 1 saturated carbocycles. The zero-order valence-electron chi connectivity index (χ0n) is 14.4. The van der Waals surface area contributed by atoms with Crippen molar-refractivity contribution in [3.8, 4) is 11.4 Å². The first kappa shape index (κ1) is 18.0. The number of carbonyl (C=O) groups excluding carboxylic acids is 1. The summed E-state index contributed by atoms with van der Waals surface area (Å²) in [5.74, 6) is -1.65. The van der Waals surface area contributed by atoms with Crippen LogP contribution in [0, 0.1) is 0 Å². The van der Waals surface area contributed by atoms with E-state index in [1.165, 1.54) is 12.1 Å². The minimum Gasteiger partial charge on any atom is -0.376 e. The molecule has 1 amide bonds. The molecule has 0 N–H and O–H groups in total. The Balaban J connectivity index is 1.53. The van der Waals surface area contributed by atoms with Gasteiger partial charge in [0.25, 0.3) is 5.91 Å². The van der Waals surface area contributed by atoms with Crippen molar-refractivity contribution in [2.24, 2.45) is 0 Å². The van der Waals surface area contributed by atoms with Gasteiger partial charge in [-0.25, -0.2) is 0 Å². The van der Waals surface area contributed by atoms with Gasteiger partial charge in [-0.3, -0.25) is 4.79 Å². The molecule has 4 rings (SSSR count). The van der Waals surface area contributed by atoms with Gasteiger partial charge in [-0.2, -0.15) is 18.2 Å². The quantitative estimate of drug-likeness (QED) is 0.796. The third-order valence-corrected chi connectivity index (χ3v) is 5.01. The highest BCUT2D eigenvalue weighted by Gasteiger charge is 2.39. The Kier molecular flexibility index (Phi) is 4.63. The number of carbonyl (C=O) groups is 1. The Bertz CT molecular complexity index is 819. The van der Waals surface area contributed by atoms with Gasteiger partial charge in [0.05, 0.1) is 12.1 Å². The summed E-state index contributed by atoms with van der Waals surface area (Å²) in [6, 6.07) is 6.30. The predicted octanol–water partition coefficient (Wildman–Crippen LogP) is 3.54. The van der Waals surface area contributed by atoms with Crippen molar-refractivity contribution in [1.29, 1.82) is 0 Å². The zero-order valence-corrected chi connectivity index (χ0v) is 14.4. The van der Waals surface area contributed by atoms with Crippen LogP contribution >= 0.6 is 0 Å². The molecular formula is C18H18F3N3O3. The molecule has 27 heavy (non-hydrogen) atoms. The predicted molar refractivity (Wildman–Crippen MR) is 87.8 cm³/mol. The maximum absolute atomic E-state index is 13.0. The fourth-order valence-electron chi connectivity index (χ4n) is 3.73. The molecule has 1 aliphatic heterocycles. The molecule has 2 fully saturated rings. The summed E-state index contributed by atoms with van der Waals surface area (Å²) < 4.78 is 47.8. The van der Waals surface area contributed by atoms with E-state index in [2.05, 4.69) is 14.7 Å². The van der Waals surface area contributed by atoms with E-state index in [0.717, 1.165) is 25.7 Å². The molecule has 0 radical (unpaired) electrons. The number of halogens is 3. The first-order valence-corrected chi connectivity index (χ1v) is 8.87. The van der Waals surface area contributed by atoms with Crippen LogP contribution in [0.3, 0.4) is 0 Å². The number of benzene rings is 1. The van der Waals surface area contributed by atoms with Gasteiger partial charge in [0.2, 0.25) is 5.82 Å². The normalized spacial score (nSPS) is 23.1. The summed E-state index contributed by atoms with van der Waals surface area (Å²) in [6.07, 6.45) is -0.869. The Hall–Kier alpha value is -2.42. The molecule has 0 spiro atoms. The molecule has 1 aliphatic carbocycles. The number of aromatic nitrogens is 2. The first-order valence-electron chi connectivity index (χ1n) is 8.87.